The molecule has 1 aliphatic heterocycles. The molecule has 1 unspecified atom stereocenters. The minimum Gasteiger partial charge on any atom is -0.375 e. The third-order valence-corrected chi connectivity index (χ3v) is 4.41. The normalized spacial score (nSPS) is 19.4. The Labute approximate surface area is 139 Å². The molecular formula is C20H26N2O. The van der Waals surface area contributed by atoms with E-state index in [1.807, 2.05) is 0 Å². The standard InChI is InChI=1S/C20H26N2O/c1-16(2)19-15-22(13-14-23-19)21-20(17-9-5-3-6-10-17)18-11-7-4-8-12-18/h3-12,16,19-21H,13-15H2,1-2H3. The van der Waals surface area contributed by atoms with Gasteiger partial charge in [0, 0.05) is 13.1 Å². The number of nitrogens with one attached hydrogen (secondary N) is 1. The number of hydrogen-bond donors (Lipinski definition) is 1. The first-order chi connectivity index (χ1) is 11.2. The fraction of sp³-hybridized carbons (Fsp3) is 0.400. The van der Waals surface area contributed by atoms with E-state index in [1.165, 1.54) is 11.1 Å². The zero-order chi connectivity index (χ0) is 16.1. The lowest BCUT2D eigenvalue weighted by Crippen LogP contribution is -2.52. The number of morpholine rings is 1. The van der Waals surface area contributed by atoms with Gasteiger partial charge in [-0.15, -0.1) is 0 Å². The summed E-state index contributed by atoms with van der Waals surface area (Å²) in [7, 11) is 0. The van der Waals surface area contributed by atoms with Crippen molar-refractivity contribution in [3.8, 4) is 0 Å². The van der Waals surface area contributed by atoms with Crippen molar-refractivity contribution in [2.45, 2.75) is 26.0 Å². The molecule has 2 aromatic rings. The van der Waals surface area contributed by atoms with E-state index in [0.29, 0.717) is 12.0 Å². The van der Waals surface area contributed by atoms with Crippen LogP contribution >= 0.6 is 0 Å². The highest BCUT2D eigenvalue weighted by molar-refractivity contribution is 5.31. The average molecular weight is 310 g/mol. The van der Waals surface area contributed by atoms with Crippen molar-refractivity contribution in [2.75, 3.05) is 19.7 Å². The van der Waals surface area contributed by atoms with Gasteiger partial charge in [-0.05, 0) is 17.0 Å². The topological polar surface area (TPSA) is 24.5 Å². The van der Waals surface area contributed by atoms with Crippen LogP contribution in [0.25, 0.3) is 0 Å². The van der Waals surface area contributed by atoms with Gasteiger partial charge in [0.05, 0.1) is 18.8 Å². The van der Waals surface area contributed by atoms with Crippen LogP contribution in [-0.2, 0) is 4.74 Å². The van der Waals surface area contributed by atoms with Crippen molar-refractivity contribution in [1.29, 1.82) is 0 Å². The molecule has 2 aromatic carbocycles. The summed E-state index contributed by atoms with van der Waals surface area (Å²) in [6.07, 6.45) is 0.295. The predicted octanol–water partition coefficient (Wildman–Crippen LogP) is 3.64. The Morgan fingerprint density at radius 1 is 0.957 bits per heavy atom. The summed E-state index contributed by atoms with van der Waals surface area (Å²) in [5, 5.41) is 2.32. The summed E-state index contributed by atoms with van der Waals surface area (Å²) in [5.74, 6) is 0.534. The molecule has 0 amide bonds. The highest BCUT2D eigenvalue weighted by Gasteiger charge is 2.25. The van der Waals surface area contributed by atoms with Gasteiger partial charge in [-0.3, -0.25) is 0 Å². The Bertz CT molecular complexity index is 546. The third-order valence-electron chi connectivity index (χ3n) is 4.41. The molecule has 0 bridgehead atoms. The quantitative estimate of drug-likeness (QED) is 0.912. The molecule has 23 heavy (non-hydrogen) atoms. The number of rotatable bonds is 5. The number of ether oxygens (including phenoxy) is 1. The predicted molar refractivity (Wildman–Crippen MR) is 94.0 cm³/mol. The van der Waals surface area contributed by atoms with Crippen LogP contribution in [0, 0.1) is 5.92 Å². The molecular weight excluding hydrogens is 284 g/mol. The summed E-state index contributed by atoms with van der Waals surface area (Å²) >= 11 is 0. The zero-order valence-electron chi connectivity index (χ0n) is 14.0. The van der Waals surface area contributed by atoms with Crippen molar-refractivity contribution < 1.29 is 4.74 Å². The molecule has 3 rings (SSSR count). The van der Waals surface area contributed by atoms with Gasteiger partial charge in [0.2, 0.25) is 0 Å². The van der Waals surface area contributed by atoms with Gasteiger partial charge in [0.25, 0.3) is 0 Å². The minimum absolute atomic E-state index is 0.170. The molecule has 1 atom stereocenters. The number of hydrogen-bond acceptors (Lipinski definition) is 3. The maximum absolute atomic E-state index is 5.88. The lowest BCUT2D eigenvalue weighted by atomic mass is 9.99. The Morgan fingerprint density at radius 3 is 2.04 bits per heavy atom. The minimum atomic E-state index is 0.170. The highest BCUT2D eigenvalue weighted by atomic mass is 16.5. The number of benzene rings is 2. The molecule has 0 spiro atoms. The van der Waals surface area contributed by atoms with E-state index < -0.39 is 0 Å². The first-order valence-corrected chi connectivity index (χ1v) is 8.46. The fourth-order valence-electron chi connectivity index (χ4n) is 3.01. The zero-order valence-corrected chi connectivity index (χ0v) is 14.0. The van der Waals surface area contributed by atoms with Gasteiger partial charge in [0.1, 0.15) is 0 Å². The van der Waals surface area contributed by atoms with Crippen LogP contribution < -0.4 is 5.43 Å². The molecule has 1 fully saturated rings. The molecule has 0 saturated carbocycles. The first kappa shape index (κ1) is 16.2. The molecule has 3 heteroatoms. The van der Waals surface area contributed by atoms with Crippen LogP contribution in [0.4, 0.5) is 0 Å². The maximum atomic E-state index is 5.88. The fourth-order valence-corrected chi connectivity index (χ4v) is 3.01. The van der Waals surface area contributed by atoms with Gasteiger partial charge in [-0.2, -0.15) is 0 Å². The van der Waals surface area contributed by atoms with Crippen LogP contribution in [0.2, 0.25) is 0 Å². The van der Waals surface area contributed by atoms with Crippen molar-refractivity contribution >= 4 is 0 Å². The summed E-state index contributed by atoms with van der Waals surface area (Å²) in [6, 6.07) is 21.4. The van der Waals surface area contributed by atoms with E-state index in [0.717, 1.165) is 19.7 Å². The molecule has 122 valence electrons. The lowest BCUT2D eigenvalue weighted by Gasteiger charge is -2.37. The van der Waals surface area contributed by atoms with Crippen molar-refractivity contribution in [1.82, 2.24) is 10.4 Å². The second-order valence-electron chi connectivity index (χ2n) is 6.48. The van der Waals surface area contributed by atoms with Gasteiger partial charge < -0.3 is 4.74 Å². The summed E-state index contributed by atoms with van der Waals surface area (Å²) < 4.78 is 5.88. The summed E-state index contributed by atoms with van der Waals surface area (Å²) in [5.41, 5.74) is 6.29. The molecule has 1 heterocycles. The Hall–Kier alpha value is -1.68. The van der Waals surface area contributed by atoms with E-state index in [4.69, 9.17) is 4.74 Å². The van der Waals surface area contributed by atoms with Crippen LogP contribution in [-0.4, -0.2) is 30.8 Å². The van der Waals surface area contributed by atoms with Crippen LogP contribution in [0.15, 0.2) is 60.7 Å². The third kappa shape index (κ3) is 4.20. The van der Waals surface area contributed by atoms with Crippen molar-refractivity contribution in [3.05, 3.63) is 71.8 Å². The maximum Gasteiger partial charge on any atom is 0.0739 e. The van der Waals surface area contributed by atoms with E-state index in [1.54, 1.807) is 0 Å². The molecule has 0 aliphatic carbocycles. The number of nitrogens with zero attached hydrogens (tertiary/aromatic N) is 1. The average Bonchev–Trinajstić information content (AvgIpc) is 2.61. The van der Waals surface area contributed by atoms with Crippen molar-refractivity contribution in [3.63, 3.8) is 0 Å². The van der Waals surface area contributed by atoms with Crippen LogP contribution in [0.1, 0.15) is 31.0 Å². The smallest absolute Gasteiger partial charge is 0.0739 e. The second kappa shape index (κ2) is 7.73. The molecule has 1 aliphatic rings. The molecule has 0 aromatic heterocycles. The van der Waals surface area contributed by atoms with E-state index in [9.17, 15) is 0 Å². The van der Waals surface area contributed by atoms with E-state index in [-0.39, 0.29) is 6.04 Å². The van der Waals surface area contributed by atoms with Gasteiger partial charge in [-0.25, -0.2) is 10.4 Å². The van der Waals surface area contributed by atoms with Crippen molar-refractivity contribution in [2.24, 2.45) is 5.92 Å². The molecule has 1 saturated heterocycles. The van der Waals surface area contributed by atoms with Gasteiger partial charge in [0.15, 0.2) is 0 Å². The lowest BCUT2D eigenvalue weighted by molar-refractivity contribution is -0.0700. The summed E-state index contributed by atoms with van der Waals surface area (Å²) in [6.45, 7) is 7.07. The van der Waals surface area contributed by atoms with Gasteiger partial charge >= 0.3 is 0 Å². The van der Waals surface area contributed by atoms with E-state index in [2.05, 4.69) is 84.9 Å². The first-order valence-electron chi connectivity index (χ1n) is 8.46. The molecule has 1 N–H and O–H groups in total. The summed E-state index contributed by atoms with van der Waals surface area (Å²) in [4.78, 5) is 0. The highest BCUT2D eigenvalue weighted by Crippen LogP contribution is 2.23. The second-order valence-corrected chi connectivity index (χ2v) is 6.48. The Kier molecular flexibility index (Phi) is 5.44. The Morgan fingerprint density at radius 2 is 1.52 bits per heavy atom. The molecule has 3 nitrogen and oxygen atoms in total. The number of hydrazine groups is 1. The Balaban J connectivity index is 1.79. The molecule has 0 radical (unpaired) electrons. The SMILES string of the molecule is CC(C)C1CN(NC(c2ccccc2)c2ccccc2)CCO1. The van der Waals surface area contributed by atoms with E-state index >= 15 is 0 Å². The van der Waals surface area contributed by atoms with Crippen LogP contribution in [0.3, 0.4) is 0 Å². The van der Waals surface area contributed by atoms with Crippen LogP contribution in [0.5, 0.6) is 0 Å². The largest absolute Gasteiger partial charge is 0.375 e. The van der Waals surface area contributed by atoms with Gasteiger partial charge in [-0.1, -0.05) is 74.5 Å². The monoisotopic (exact) mass is 310 g/mol.